The SMILES string of the molecule is Nc1c(F)ccc(OC(F)(F)F)c1C(=O)O. The smallest absolute Gasteiger partial charge is 0.477 e. The van der Waals surface area contributed by atoms with E-state index in [1.807, 2.05) is 0 Å². The molecule has 0 heterocycles. The van der Waals surface area contributed by atoms with E-state index in [4.69, 9.17) is 10.8 Å². The van der Waals surface area contributed by atoms with Crippen LogP contribution < -0.4 is 10.5 Å². The Balaban J connectivity index is 3.29. The zero-order valence-corrected chi connectivity index (χ0v) is 7.51. The number of carboxylic acid groups (broad SMARTS) is 1. The number of anilines is 1. The average Bonchev–Trinajstić information content (AvgIpc) is 2.08. The lowest BCUT2D eigenvalue weighted by molar-refractivity contribution is -0.274. The third-order valence-electron chi connectivity index (χ3n) is 1.59. The van der Waals surface area contributed by atoms with E-state index in [0.717, 1.165) is 0 Å². The molecular weight excluding hydrogens is 234 g/mol. The number of alkyl halides is 3. The van der Waals surface area contributed by atoms with Gasteiger partial charge in [0.25, 0.3) is 0 Å². The molecule has 88 valence electrons. The molecule has 0 aromatic heterocycles. The van der Waals surface area contributed by atoms with Crippen LogP contribution in [0.5, 0.6) is 5.75 Å². The van der Waals surface area contributed by atoms with Gasteiger partial charge in [-0.2, -0.15) is 0 Å². The van der Waals surface area contributed by atoms with Crippen molar-refractivity contribution in [2.75, 3.05) is 5.73 Å². The van der Waals surface area contributed by atoms with E-state index in [1.165, 1.54) is 0 Å². The van der Waals surface area contributed by atoms with Gasteiger partial charge in [0, 0.05) is 0 Å². The first-order chi connectivity index (χ1) is 7.22. The Morgan fingerprint density at radius 1 is 1.38 bits per heavy atom. The van der Waals surface area contributed by atoms with Gasteiger partial charge in [-0.1, -0.05) is 0 Å². The third kappa shape index (κ3) is 2.53. The monoisotopic (exact) mass is 239 g/mol. The number of carbonyl (C=O) groups is 1. The molecule has 1 rings (SSSR count). The predicted molar refractivity (Wildman–Crippen MR) is 44.5 cm³/mol. The van der Waals surface area contributed by atoms with Gasteiger partial charge in [-0.05, 0) is 12.1 Å². The third-order valence-corrected chi connectivity index (χ3v) is 1.59. The number of halogens is 4. The Morgan fingerprint density at radius 3 is 2.38 bits per heavy atom. The molecule has 0 aliphatic rings. The summed E-state index contributed by atoms with van der Waals surface area (Å²) in [6, 6.07) is 1.13. The van der Waals surface area contributed by atoms with Crippen LogP contribution in [0.25, 0.3) is 0 Å². The lowest BCUT2D eigenvalue weighted by Gasteiger charge is -2.12. The second-order valence-corrected chi connectivity index (χ2v) is 2.69. The molecule has 0 saturated heterocycles. The normalized spacial score (nSPS) is 11.2. The maximum absolute atomic E-state index is 12.8. The molecule has 8 heteroatoms. The fraction of sp³-hybridized carbons (Fsp3) is 0.125. The zero-order chi connectivity index (χ0) is 12.5. The summed E-state index contributed by atoms with van der Waals surface area (Å²) in [7, 11) is 0. The highest BCUT2D eigenvalue weighted by Gasteiger charge is 2.34. The van der Waals surface area contributed by atoms with Crippen LogP contribution in [0.2, 0.25) is 0 Å². The summed E-state index contributed by atoms with van der Waals surface area (Å²) in [4.78, 5) is 10.6. The van der Waals surface area contributed by atoms with Crippen molar-refractivity contribution in [3.05, 3.63) is 23.5 Å². The number of rotatable bonds is 2. The highest BCUT2D eigenvalue weighted by Crippen LogP contribution is 2.31. The van der Waals surface area contributed by atoms with Crippen LogP contribution in [0, 0.1) is 5.82 Å². The number of hydrogen-bond acceptors (Lipinski definition) is 3. The Hall–Kier alpha value is -1.99. The van der Waals surface area contributed by atoms with Crippen LogP contribution in [0.3, 0.4) is 0 Å². The first-order valence-electron chi connectivity index (χ1n) is 3.79. The van der Waals surface area contributed by atoms with Crippen LogP contribution in [0.4, 0.5) is 23.2 Å². The Labute approximate surface area is 86.2 Å². The number of hydrogen-bond donors (Lipinski definition) is 2. The minimum Gasteiger partial charge on any atom is -0.477 e. The Kier molecular flexibility index (Phi) is 2.92. The molecule has 0 fully saturated rings. The number of benzene rings is 1. The molecule has 3 N–H and O–H groups in total. The highest BCUT2D eigenvalue weighted by atomic mass is 19.4. The van der Waals surface area contributed by atoms with Gasteiger partial charge >= 0.3 is 12.3 Å². The summed E-state index contributed by atoms with van der Waals surface area (Å²) in [5, 5.41) is 8.57. The molecular formula is C8H5F4NO3. The first-order valence-corrected chi connectivity index (χ1v) is 3.79. The molecule has 4 nitrogen and oxygen atoms in total. The molecule has 0 radical (unpaired) electrons. The molecule has 1 aromatic rings. The van der Waals surface area contributed by atoms with E-state index in [2.05, 4.69) is 4.74 Å². The van der Waals surface area contributed by atoms with Crippen LogP contribution >= 0.6 is 0 Å². The van der Waals surface area contributed by atoms with Gasteiger partial charge < -0.3 is 15.6 Å². The van der Waals surface area contributed by atoms with Crippen molar-refractivity contribution in [3.63, 3.8) is 0 Å². The van der Waals surface area contributed by atoms with Gasteiger partial charge in [0.05, 0.1) is 5.69 Å². The fourth-order valence-electron chi connectivity index (χ4n) is 1.00. The predicted octanol–water partition coefficient (Wildman–Crippen LogP) is 2.00. The second-order valence-electron chi connectivity index (χ2n) is 2.69. The fourth-order valence-corrected chi connectivity index (χ4v) is 1.00. The number of aromatic carboxylic acids is 1. The molecule has 0 aliphatic carbocycles. The van der Waals surface area contributed by atoms with Crippen molar-refractivity contribution in [1.82, 2.24) is 0 Å². The molecule has 0 saturated carbocycles. The Bertz CT molecular complexity index is 430. The summed E-state index contributed by atoms with van der Waals surface area (Å²) in [5.41, 5.74) is 3.03. The maximum atomic E-state index is 12.8. The summed E-state index contributed by atoms with van der Waals surface area (Å²) in [6.45, 7) is 0. The van der Waals surface area contributed by atoms with E-state index in [-0.39, 0.29) is 0 Å². The van der Waals surface area contributed by atoms with Crippen molar-refractivity contribution >= 4 is 11.7 Å². The van der Waals surface area contributed by atoms with Gasteiger partial charge in [0.1, 0.15) is 17.1 Å². The van der Waals surface area contributed by atoms with Crippen molar-refractivity contribution < 1.29 is 32.2 Å². The molecule has 16 heavy (non-hydrogen) atoms. The number of ether oxygens (including phenoxy) is 1. The van der Waals surface area contributed by atoms with E-state index in [1.54, 1.807) is 0 Å². The van der Waals surface area contributed by atoms with E-state index < -0.39 is 35.1 Å². The summed E-state index contributed by atoms with van der Waals surface area (Å²) >= 11 is 0. The van der Waals surface area contributed by atoms with Crippen molar-refractivity contribution in [2.24, 2.45) is 0 Å². The Morgan fingerprint density at radius 2 is 1.94 bits per heavy atom. The molecule has 0 aliphatic heterocycles. The molecule has 0 bridgehead atoms. The molecule has 1 aromatic carbocycles. The number of carboxylic acids is 1. The number of nitrogens with two attached hydrogens (primary N) is 1. The van der Waals surface area contributed by atoms with E-state index >= 15 is 0 Å². The maximum Gasteiger partial charge on any atom is 0.573 e. The zero-order valence-electron chi connectivity index (χ0n) is 7.51. The average molecular weight is 239 g/mol. The molecule has 0 amide bonds. The topological polar surface area (TPSA) is 72.5 Å². The molecule has 0 spiro atoms. The summed E-state index contributed by atoms with van der Waals surface area (Å²) in [6.07, 6.45) is -5.07. The summed E-state index contributed by atoms with van der Waals surface area (Å²) < 4.78 is 51.8. The summed E-state index contributed by atoms with van der Waals surface area (Å²) in [5.74, 6) is -4.00. The van der Waals surface area contributed by atoms with Gasteiger partial charge in [0.2, 0.25) is 0 Å². The van der Waals surface area contributed by atoms with Gasteiger partial charge in [0.15, 0.2) is 0 Å². The van der Waals surface area contributed by atoms with Crippen LogP contribution in [-0.2, 0) is 0 Å². The van der Waals surface area contributed by atoms with Crippen molar-refractivity contribution in [3.8, 4) is 5.75 Å². The van der Waals surface area contributed by atoms with Gasteiger partial charge in [-0.15, -0.1) is 13.2 Å². The highest BCUT2D eigenvalue weighted by molar-refractivity contribution is 5.96. The minimum atomic E-state index is -5.07. The first kappa shape index (κ1) is 12.1. The van der Waals surface area contributed by atoms with Crippen LogP contribution in [0.15, 0.2) is 12.1 Å². The molecule has 0 atom stereocenters. The van der Waals surface area contributed by atoms with Gasteiger partial charge in [-0.3, -0.25) is 0 Å². The van der Waals surface area contributed by atoms with Crippen molar-refractivity contribution in [1.29, 1.82) is 0 Å². The van der Waals surface area contributed by atoms with Crippen LogP contribution in [0.1, 0.15) is 10.4 Å². The molecule has 0 unspecified atom stereocenters. The van der Waals surface area contributed by atoms with E-state index in [0.29, 0.717) is 12.1 Å². The van der Waals surface area contributed by atoms with Crippen LogP contribution in [-0.4, -0.2) is 17.4 Å². The lowest BCUT2D eigenvalue weighted by Crippen LogP contribution is -2.20. The lowest BCUT2D eigenvalue weighted by atomic mass is 10.1. The second kappa shape index (κ2) is 3.87. The van der Waals surface area contributed by atoms with Crippen molar-refractivity contribution in [2.45, 2.75) is 6.36 Å². The van der Waals surface area contributed by atoms with E-state index in [9.17, 15) is 22.4 Å². The quantitative estimate of drug-likeness (QED) is 0.611. The van der Waals surface area contributed by atoms with Gasteiger partial charge in [-0.25, -0.2) is 9.18 Å². The standard InChI is InChI=1S/C8H5F4NO3/c9-3-1-2-4(16-8(10,11)12)5(6(3)13)7(14)15/h1-2H,13H2,(H,14,15). The minimum absolute atomic E-state index is 0.544. The largest absolute Gasteiger partial charge is 0.573 e. The number of nitrogen functional groups attached to an aromatic ring is 1.